The van der Waals surface area contributed by atoms with E-state index in [2.05, 4.69) is 31.1 Å². The molecule has 0 saturated carbocycles. The molecule has 0 aromatic heterocycles. The molecule has 2 amide bonds. The molecule has 0 radical (unpaired) electrons. The van der Waals surface area contributed by atoms with Crippen molar-refractivity contribution in [3.05, 3.63) is 0 Å². The zero-order valence-corrected chi connectivity index (χ0v) is 13.3. The predicted octanol–water partition coefficient (Wildman–Crippen LogP) is 1.23. The summed E-state index contributed by atoms with van der Waals surface area (Å²) < 4.78 is 0. The van der Waals surface area contributed by atoms with Gasteiger partial charge in [-0.25, -0.2) is 0 Å². The van der Waals surface area contributed by atoms with Gasteiger partial charge in [-0.1, -0.05) is 6.92 Å². The lowest BCUT2D eigenvalue weighted by Gasteiger charge is -2.24. The summed E-state index contributed by atoms with van der Waals surface area (Å²) in [6.45, 7) is 8.67. The third kappa shape index (κ3) is 5.12. The van der Waals surface area contributed by atoms with Gasteiger partial charge in [-0.05, 0) is 46.7 Å². The average Bonchev–Trinajstić information content (AvgIpc) is 2.55. The van der Waals surface area contributed by atoms with Crippen molar-refractivity contribution in [3.8, 4) is 0 Å². The van der Waals surface area contributed by atoms with E-state index in [-0.39, 0.29) is 17.9 Å². The predicted molar refractivity (Wildman–Crippen MR) is 80.4 cm³/mol. The highest BCUT2D eigenvalue weighted by molar-refractivity contribution is 5.89. The Morgan fingerprint density at radius 1 is 1.35 bits per heavy atom. The molecule has 1 saturated heterocycles. The van der Waals surface area contributed by atoms with Crippen molar-refractivity contribution >= 4 is 11.8 Å². The normalized spacial score (nSPS) is 20.5. The van der Waals surface area contributed by atoms with E-state index < -0.39 is 0 Å². The number of carbonyl (C=O) groups is 2. The first-order valence-electron chi connectivity index (χ1n) is 7.74. The van der Waals surface area contributed by atoms with Gasteiger partial charge in [0.1, 0.15) is 6.04 Å². The summed E-state index contributed by atoms with van der Waals surface area (Å²) in [5.41, 5.74) is 0. The molecule has 5 nitrogen and oxygen atoms in total. The Bertz CT molecular complexity index is 331. The Hall–Kier alpha value is -1.10. The smallest absolute Gasteiger partial charge is 0.245 e. The molecule has 1 atom stereocenters. The Morgan fingerprint density at radius 2 is 2.05 bits per heavy atom. The van der Waals surface area contributed by atoms with Crippen molar-refractivity contribution in [2.45, 2.75) is 58.5 Å². The second-order valence-electron chi connectivity index (χ2n) is 5.89. The Kier molecular flexibility index (Phi) is 6.99. The van der Waals surface area contributed by atoms with Crippen LogP contribution in [0.1, 0.15) is 46.5 Å². The van der Waals surface area contributed by atoms with Crippen molar-refractivity contribution in [3.63, 3.8) is 0 Å². The van der Waals surface area contributed by atoms with Crippen LogP contribution in [0.3, 0.4) is 0 Å². The quantitative estimate of drug-likeness (QED) is 0.715. The van der Waals surface area contributed by atoms with E-state index in [1.165, 1.54) is 0 Å². The zero-order chi connectivity index (χ0) is 15.1. The van der Waals surface area contributed by atoms with Gasteiger partial charge in [0.2, 0.25) is 11.8 Å². The molecule has 1 aliphatic heterocycles. The third-order valence-electron chi connectivity index (χ3n) is 4.03. The van der Waals surface area contributed by atoms with Crippen molar-refractivity contribution in [2.75, 3.05) is 26.7 Å². The number of hydrogen-bond acceptors (Lipinski definition) is 3. The molecule has 20 heavy (non-hydrogen) atoms. The molecule has 1 rings (SSSR count). The van der Waals surface area contributed by atoms with E-state index in [9.17, 15) is 9.59 Å². The van der Waals surface area contributed by atoms with Gasteiger partial charge in [0.05, 0.1) is 0 Å². The fourth-order valence-corrected chi connectivity index (χ4v) is 2.32. The maximum Gasteiger partial charge on any atom is 0.245 e. The molecule has 0 aliphatic carbocycles. The van der Waals surface area contributed by atoms with Crippen LogP contribution in [0.25, 0.3) is 0 Å². The SMILES string of the molecule is CCC1NC(=O)CCN(CCCCN(C)C(C)C)C1=O. The number of rotatable bonds is 7. The van der Waals surface area contributed by atoms with Crippen LogP contribution >= 0.6 is 0 Å². The number of unbranched alkanes of at least 4 members (excludes halogenated alkanes) is 1. The fraction of sp³-hybridized carbons (Fsp3) is 0.867. The van der Waals surface area contributed by atoms with Gasteiger partial charge in [-0.15, -0.1) is 0 Å². The summed E-state index contributed by atoms with van der Waals surface area (Å²) in [6, 6.07) is 0.226. The average molecular weight is 283 g/mol. The number of nitrogens with one attached hydrogen (secondary N) is 1. The van der Waals surface area contributed by atoms with Gasteiger partial charge < -0.3 is 15.1 Å². The van der Waals surface area contributed by atoms with Crippen LogP contribution in [0.2, 0.25) is 0 Å². The standard InChI is InChI=1S/C15H29N3O2/c1-5-13-15(20)18(11-8-14(19)16-13)10-7-6-9-17(4)12(2)3/h12-13H,5-11H2,1-4H3,(H,16,19). The summed E-state index contributed by atoms with van der Waals surface area (Å²) in [5, 5.41) is 2.79. The van der Waals surface area contributed by atoms with E-state index in [4.69, 9.17) is 0 Å². The molecule has 1 heterocycles. The highest BCUT2D eigenvalue weighted by Crippen LogP contribution is 2.08. The van der Waals surface area contributed by atoms with Gasteiger partial charge in [0.25, 0.3) is 0 Å². The zero-order valence-electron chi connectivity index (χ0n) is 13.3. The van der Waals surface area contributed by atoms with E-state index in [1.54, 1.807) is 0 Å². The van der Waals surface area contributed by atoms with Crippen LogP contribution in [0.15, 0.2) is 0 Å². The summed E-state index contributed by atoms with van der Waals surface area (Å²) in [6.07, 6.45) is 3.16. The summed E-state index contributed by atoms with van der Waals surface area (Å²) in [7, 11) is 2.12. The molecule has 5 heteroatoms. The minimum absolute atomic E-state index is 0.00718. The Labute approximate surface area is 122 Å². The van der Waals surface area contributed by atoms with E-state index in [0.29, 0.717) is 25.4 Å². The van der Waals surface area contributed by atoms with Gasteiger partial charge >= 0.3 is 0 Å². The molecule has 0 aromatic rings. The molecule has 0 aromatic carbocycles. The Balaban J connectivity index is 2.38. The first-order chi connectivity index (χ1) is 9.45. The van der Waals surface area contributed by atoms with Gasteiger partial charge in [-0.2, -0.15) is 0 Å². The lowest BCUT2D eigenvalue weighted by molar-refractivity contribution is -0.133. The molecule has 116 valence electrons. The second kappa shape index (κ2) is 8.25. The highest BCUT2D eigenvalue weighted by Gasteiger charge is 2.27. The van der Waals surface area contributed by atoms with Crippen molar-refractivity contribution in [1.29, 1.82) is 0 Å². The molecule has 1 N–H and O–H groups in total. The molecular formula is C15H29N3O2. The summed E-state index contributed by atoms with van der Waals surface area (Å²) >= 11 is 0. The Morgan fingerprint density at radius 3 is 2.65 bits per heavy atom. The topological polar surface area (TPSA) is 52.7 Å². The lowest BCUT2D eigenvalue weighted by atomic mass is 10.2. The van der Waals surface area contributed by atoms with Crippen LogP contribution in [0.5, 0.6) is 0 Å². The largest absolute Gasteiger partial charge is 0.344 e. The van der Waals surface area contributed by atoms with E-state index in [1.807, 2.05) is 11.8 Å². The molecule has 1 aliphatic rings. The van der Waals surface area contributed by atoms with Crippen molar-refractivity contribution in [2.24, 2.45) is 0 Å². The molecule has 0 spiro atoms. The molecule has 1 unspecified atom stereocenters. The monoisotopic (exact) mass is 283 g/mol. The molecule has 1 fully saturated rings. The fourth-order valence-electron chi connectivity index (χ4n) is 2.32. The van der Waals surface area contributed by atoms with Crippen LogP contribution in [-0.4, -0.2) is 60.4 Å². The van der Waals surface area contributed by atoms with Gasteiger partial charge in [0, 0.05) is 25.6 Å². The van der Waals surface area contributed by atoms with Crippen LogP contribution in [-0.2, 0) is 9.59 Å². The third-order valence-corrected chi connectivity index (χ3v) is 4.03. The maximum atomic E-state index is 12.3. The van der Waals surface area contributed by atoms with E-state index >= 15 is 0 Å². The number of carbonyl (C=O) groups excluding carboxylic acids is 2. The van der Waals surface area contributed by atoms with Crippen molar-refractivity contribution in [1.82, 2.24) is 15.1 Å². The minimum atomic E-state index is -0.330. The number of amides is 2. The van der Waals surface area contributed by atoms with Gasteiger partial charge in [0.15, 0.2) is 0 Å². The van der Waals surface area contributed by atoms with E-state index in [0.717, 1.165) is 25.9 Å². The summed E-state index contributed by atoms with van der Waals surface area (Å²) in [4.78, 5) is 28.0. The summed E-state index contributed by atoms with van der Waals surface area (Å²) in [5.74, 6) is 0.0720. The molecule has 0 bridgehead atoms. The first-order valence-corrected chi connectivity index (χ1v) is 7.74. The highest BCUT2D eigenvalue weighted by atomic mass is 16.2. The van der Waals surface area contributed by atoms with Gasteiger partial charge in [-0.3, -0.25) is 9.59 Å². The van der Waals surface area contributed by atoms with Crippen LogP contribution in [0.4, 0.5) is 0 Å². The minimum Gasteiger partial charge on any atom is -0.344 e. The molecular weight excluding hydrogens is 254 g/mol. The second-order valence-corrected chi connectivity index (χ2v) is 5.89. The number of hydrogen-bond donors (Lipinski definition) is 1. The van der Waals surface area contributed by atoms with Crippen molar-refractivity contribution < 1.29 is 9.59 Å². The maximum absolute atomic E-state index is 12.3. The van der Waals surface area contributed by atoms with Crippen LogP contribution in [0, 0.1) is 0 Å². The first kappa shape index (κ1) is 17.0. The number of nitrogens with zero attached hydrogens (tertiary/aromatic N) is 2. The lowest BCUT2D eigenvalue weighted by Crippen LogP contribution is -2.44. The van der Waals surface area contributed by atoms with Crippen LogP contribution < -0.4 is 5.32 Å².